The van der Waals surface area contributed by atoms with Gasteiger partial charge in [-0.1, -0.05) is 77.1 Å². The molecule has 2 heteroatoms. The van der Waals surface area contributed by atoms with E-state index in [1.54, 1.807) is 0 Å². The maximum Gasteiger partial charge on any atom is 0.0412 e. The van der Waals surface area contributed by atoms with Crippen LogP contribution < -0.4 is 5.73 Å². The normalized spacial score (nSPS) is 11.2. The van der Waals surface area contributed by atoms with Crippen molar-refractivity contribution in [2.24, 2.45) is 5.73 Å². The van der Waals surface area contributed by atoms with Gasteiger partial charge in [0.1, 0.15) is 0 Å². The number of halogens is 1. The Balaban J connectivity index is 0.00000400. The van der Waals surface area contributed by atoms with Crippen LogP contribution in [0.5, 0.6) is 0 Å². The van der Waals surface area contributed by atoms with Crippen LogP contribution in [0.25, 0.3) is 0 Å². The summed E-state index contributed by atoms with van der Waals surface area (Å²) in [5.74, 6) is 0. The van der Waals surface area contributed by atoms with Gasteiger partial charge in [-0.05, 0) is 36.8 Å². The van der Waals surface area contributed by atoms with Gasteiger partial charge in [0.25, 0.3) is 0 Å². The minimum absolute atomic E-state index is 0. The van der Waals surface area contributed by atoms with Crippen LogP contribution in [-0.4, -0.2) is 0 Å². The van der Waals surface area contributed by atoms with E-state index in [1.807, 2.05) is 0 Å². The van der Waals surface area contributed by atoms with Gasteiger partial charge in [0.05, 0.1) is 0 Å². The first-order valence-electron chi connectivity index (χ1n) is 8.55. The van der Waals surface area contributed by atoms with Crippen molar-refractivity contribution in [2.45, 2.75) is 84.1 Å². The summed E-state index contributed by atoms with van der Waals surface area (Å²) in [6.45, 7) is 6.76. The zero-order valence-corrected chi connectivity index (χ0v) is 15.9. The molecular weight excluding hydrogens is 322 g/mol. The highest BCUT2D eigenvalue weighted by Crippen LogP contribution is 2.33. The van der Waals surface area contributed by atoms with Crippen molar-refractivity contribution in [3.8, 4) is 0 Å². The summed E-state index contributed by atoms with van der Waals surface area (Å²) in [6.07, 6.45) is 10.8. The van der Waals surface area contributed by atoms with Gasteiger partial charge in [0, 0.05) is 5.54 Å². The van der Waals surface area contributed by atoms with E-state index in [2.05, 4.69) is 45.0 Å². The molecule has 0 aromatic heterocycles. The molecule has 0 saturated carbocycles. The van der Waals surface area contributed by atoms with Gasteiger partial charge in [-0.15, -0.1) is 17.0 Å². The van der Waals surface area contributed by atoms with Crippen LogP contribution in [-0.2, 0) is 12.0 Å². The smallest absolute Gasteiger partial charge is 0.0412 e. The fourth-order valence-corrected chi connectivity index (χ4v) is 2.97. The molecule has 0 spiro atoms. The standard InChI is InChI=1S/C19H33N.BrH/c1-4-7-12-17-13-10-11-14-18(17)19(20,15-8-5-2)16-9-6-3;/h10-11,13-14H,4-9,12,15-16,20H2,1-3H3;1H. The fourth-order valence-electron chi connectivity index (χ4n) is 2.97. The fraction of sp³-hybridized carbons (Fsp3) is 0.684. The molecule has 0 unspecified atom stereocenters. The van der Waals surface area contributed by atoms with Crippen LogP contribution >= 0.6 is 17.0 Å². The molecule has 0 atom stereocenters. The Morgan fingerprint density at radius 3 is 1.90 bits per heavy atom. The van der Waals surface area contributed by atoms with Gasteiger partial charge in [0.15, 0.2) is 0 Å². The van der Waals surface area contributed by atoms with E-state index in [9.17, 15) is 0 Å². The monoisotopic (exact) mass is 355 g/mol. The molecule has 0 heterocycles. The van der Waals surface area contributed by atoms with E-state index in [1.165, 1.54) is 56.1 Å². The Hall–Kier alpha value is -0.340. The average molecular weight is 356 g/mol. The van der Waals surface area contributed by atoms with Crippen molar-refractivity contribution in [2.75, 3.05) is 0 Å². The number of benzene rings is 1. The molecule has 0 aliphatic heterocycles. The summed E-state index contributed by atoms with van der Waals surface area (Å²) in [6, 6.07) is 8.87. The number of nitrogens with two attached hydrogens (primary N) is 1. The lowest BCUT2D eigenvalue weighted by Crippen LogP contribution is -2.37. The third-order valence-electron chi connectivity index (χ3n) is 4.31. The summed E-state index contributed by atoms with van der Waals surface area (Å²) in [4.78, 5) is 0. The van der Waals surface area contributed by atoms with Crippen molar-refractivity contribution in [3.63, 3.8) is 0 Å². The lowest BCUT2D eigenvalue weighted by atomic mass is 9.78. The molecule has 0 bridgehead atoms. The van der Waals surface area contributed by atoms with E-state index in [4.69, 9.17) is 5.73 Å². The molecule has 21 heavy (non-hydrogen) atoms. The second-order valence-electron chi connectivity index (χ2n) is 6.12. The van der Waals surface area contributed by atoms with Gasteiger partial charge < -0.3 is 5.73 Å². The Morgan fingerprint density at radius 1 is 0.857 bits per heavy atom. The van der Waals surface area contributed by atoms with Crippen molar-refractivity contribution < 1.29 is 0 Å². The minimum Gasteiger partial charge on any atom is -0.321 e. The lowest BCUT2D eigenvalue weighted by molar-refractivity contribution is 0.351. The van der Waals surface area contributed by atoms with Gasteiger partial charge >= 0.3 is 0 Å². The Morgan fingerprint density at radius 2 is 1.38 bits per heavy atom. The van der Waals surface area contributed by atoms with Gasteiger partial charge in [-0.25, -0.2) is 0 Å². The molecule has 0 amide bonds. The number of aryl methyl sites for hydroxylation is 1. The molecule has 1 rings (SSSR count). The first kappa shape index (κ1) is 20.7. The van der Waals surface area contributed by atoms with Crippen LogP contribution in [0.3, 0.4) is 0 Å². The third-order valence-corrected chi connectivity index (χ3v) is 4.31. The molecule has 1 aromatic rings. The molecule has 0 fully saturated rings. The molecule has 1 aromatic carbocycles. The lowest BCUT2D eigenvalue weighted by Gasteiger charge is -2.32. The molecule has 1 nitrogen and oxygen atoms in total. The SMILES string of the molecule is Br.CCCCc1ccccc1C(N)(CCCC)CCCC. The highest BCUT2D eigenvalue weighted by Gasteiger charge is 2.27. The van der Waals surface area contributed by atoms with Crippen LogP contribution in [0.2, 0.25) is 0 Å². The van der Waals surface area contributed by atoms with Gasteiger partial charge in [0.2, 0.25) is 0 Å². The second kappa shape index (κ2) is 11.3. The Bertz CT molecular complexity index is 368. The van der Waals surface area contributed by atoms with E-state index in [0.29, 0.717) is 0 Å². The summed E-state index contributed by atoms with van der Waals surface area (Å²) < 4.78 is 0. The average Bonchev–Trinajstić information content (AvgIpc) is 2.49. The van der Waals surface area contributed by atoms with E-state index >= 15 is 0 Å². The van der Waals surface area contributed by atoms with Crippen LogP contribution in [0.15, 0.2) is 24.3 Å². The number of unbranched alkanes of at least 4 members (excludes halogenated alkanes) is 3. The van der Waals surface area contributed by atoms with Crippen molar-refractivity contribution in [3.05, 3.63) is 35.4 Å². The van der Waals surface area contributed by atoms with Crippen LogP contribution in [0.1, 0.15) is 83.3 Å². The summed E-state index contributed by atoms with van der Waals surface area (Å²) in [5.41, 5.74) is 9.64. The van der Waals surface area contributed by atoms with Crippen molar-refractivity contribution >= 4 is 17.0 Å². The van der Waals surface area contributed by atoms with E-state index in [-0.39, 0.29) is 22.5 Å². The van der Waals surface area contributed by atoms with Crippen molar-refractivity contribution in [1.29, 1.82) is 0 Å². The second-order valence-corrected chi connectivity index (χ2v) is 6.12. The zero-order chi connectivity index (χ0) is 14.8. The van der Waals surface area contributed by atoms with Gasteiger partial charge in [-0.3, -0.25) is 0 Å². The van der Waals surface area contributed by atoms with E-state index in [0.717, 1.165) is 12.8 Å². The highest BCUT2D eigenvalue weighted by molar-refractivity contribution is 8.93. The largest absolute Gasteiger partial charge is 0.321 e. The molecule has 0 saturated heterocycles. The number of rotatable bonds is 10. The topological polar surface area (TPSA) is 26.0 Å². The number of hydrogen-bond donors (Lipinski definition) is 1. The Labute approximate surface area is 142 Å². The molecule has 0 radical (unpaired) electrons. The first-order valence-corrected chi connectivity index (χ1v) is 8.55. The minimum atomic E-state index is -0.115. The predicted molar refractivity (Wildman–Crippen MR) is 100 cm³/mol. The predicted octanol–water partition coefficient (Wildman–Crippen LogP) is 6.14. The first-order chi connectivity index (χ1) is 9.68. The van der Waals surface area contributed by atoms with Crippen LogP contribution in [0, 0.1) is 0 Å². The van der Waals surface area contributed by atoms with Gasteiger partial charge in [-0.2, -0.15) is 0 Å². The molecule has 0 aliphatic carbocycles. The summed E-state index contributed by atoms with van der Waals surface area (Å²) in [7, 11) is 0. The molecule has 2 N–H and O–H groups in total. The molecule has 122 valence electrons. The third kappa shape index (κ3) is 6.52. The molecule has 0 aliphatic rings. The zero-order valence-electron chi connectivity index (χ0n) is 14.2. The highest BCUT2D eigenvalue weighted by atomic mass is 79.9. The summed E-state index contributed by atoms with van der Waals surface area (Å²) in [5, 5.41) is 0. The summed E-state index contributed by atoms with van der Waals surface area (Å²) >= 11 is 0. The maximum atomic E-state index is 6.86. The maximum absolute atomic E-state index is 6.86. The van der Waals surface area contributed by atoms with Crippen LogP contribution in [0.4, 0.5) is 0 Å². The Kier molecular flexibility index (Phi) is 11.1. The molecular formula is C19H34BrN. The number of hydrogen-bond acceptors (Lipinski definition) is 1. The van der Waals surface area contributed by atoms with E-state index < -0.39 is 0 Å². The quantitative estimate of drug-likeness (QED) is 0.535. The van der Waals surface area contributed by atoms with Crippen molar-refractivity contribution in [1.82, 2.24) is 0 Å².